The normalized spacial score (nSPS) is 12.5. The van der Waals surface area contributed by atoms with Gasteiger partial charge in [-0.3, -0.25) is 0 Å². The summed E-state index contributed by atoms with van der Waals surface area (Å²) < 4.78 is 23.3. The molecule has 15 heavy (non-hydrogen) atoms. The summed E-state index contributed by atoms with van der Waals surface area (Å²) in [5.41, 5.74) is 0.242. The Labute approximate surface area is 88.4 Å². The summed E-state index contributed by atoms with van der Waals surface area (Å²) in [6.45, 7) is 0.387. The van der Waals surface area contributed by atoms with E-state index in [1.807, 2.05) is 0 Å². The van der Waals surface area contributed by atoms with E-state index in [1.54, 1.807) is 6.07 Å². The molecule has 1 aromatic rings. The van der Waals surface area contributed by atoms with Gasteiger partial charge in [0.25, 0.3) is 0 Å². The fraction of sp³-hybridized carbons (Fsp3) is 0.455. The minimum atomic E-state index is -0.861. The van der Waals surface area contributed by atoms with Crippen molar-refractivity contribution < 1.29 is 19.0 Å². The first-order chi connectivity index (χ1) is 7.20. The minimum Gasteiger partial charge on any atom is -0.494 e. The molecule has 0 radical (unpaired) electrons. The Hall–Kier alpha value is -1.13. The lowest BCUT2D eigenvalue weighted by atomic mass is 10.1. The standard InChI is InChI=1S/C11H15FO3/c1-14-7-6-9(13)8-4-3-5-10(15-2)11(8)12/h3-5,9,13H,6-7H2,1-2H3. The zero-order chi connectivity index (χ0) is 11.3. The van der Waals surface area contributed by atoms with Gasteiger partial charge in [0.05, 0.1) is 13.2 Å². The third kappa shape index (κ3) is 2.91. The van der Waals surface area contributed by atoms with E-state index in [9.17, 15) is 9.50 Å². The summed E-state index contributed by atoms with van der Waals surface area (Å²) in [5, 5.41) is 9.68. The number of benzene rings is 1. The lowest BCUT2D eigenvalue weighted by Gasteiger charge is -2.12. The highest BCUT2D eigenvalue weighted by Crippen LogP contribution is 2.26. The lowest BCUT2D eigenvalue weighted by Crippen LogP contribution is -2.05. The van der Waals surface area contributed by atoms with Crippen molar-refractivity contribution in [3.63, 3.8) is 0 Å². The van der Waals surface area contributed by atoms with Crippen LogP contribution in [-0.2, 0) is 4.74 Å². The molecule has 0 aliphatic rings. The lowest BCUT2D eigenvalue weighted by molar-refractivity contribution is 0.107. The van der Waals surface area contributed by atoms with Crippen molar-refractivity contribution in [1.29, 1.82) is 0 Å². The number of aliphatic hydroxyl groups is 1. The fourth-order valence-corrected chi connectivity index (χ4v) is 1.33. The average molecular weight is 214 g/mol. The zero-order valence-electron chi connectivity index (χ0n) is 8.87. The Bertz CT molecular complexity index is 315. The predicted octanol–water partition coefficient (Wildman–Crippen LogP) is 1.90. The number of methoxy groups -OCH3 is 2. The van der Waals surface area contributed by atoms with Gasteiger partial charge in [0.15, 0.2) is 11.6 Å². The minimum absolute atomic E-state index is 0.143. The van der Waals surface area contributed by atoms with Gasteiger partial charge in [-0.05, 0) is 6.07 Å². The van der Waals surface area contributed by atoms with Gasteiger partial charge < -0.3 is 14.6 Å². The van der Waals surface area contributed by atoms with Gasteiger partial charge in [-0.2, -0.15) is 0 Å². The maximum Gasteiger partial charge on any atom is 0.170 e. The molecular weight excluding hydrogens is 199 g/mol. The second kappa shape index (κ2) is 5.68. The Morgan fingerprint density at radius 3 is 2.73 bits per heavy atom. The topological polar surface area (TPSA) is 38.7 Å². The SMILES string of the molecule is COCCC(O)c1cccc(OC)c1F. The van der Waals surface area contributed by atoms with Crippen LogP contribution in [0, 0.1) is 5.82 Å². The highest BCUT2D eigenvalue weighted by molar-refractivity contribution is 5.32. The van der Waals surface area contributed by atoms with Gasteiger partial charge in [0.2, 0.25) is 0 Å². The summed E-state index contributed by atoms with van der Waals surface area (Å²) in [6, 6.07) is 4.70. The van der Waals surface area contributed by atoms with Crippen LogP contribution in [0.5, 0.6) is 5.75 Å². The van der Waals surface area contributed by atoms with Gasteiger partial charge >= 0.3 is 0 Å². The van der Waals surface area contributed by atoms with E-state index in [2.05, 4.69) is 0 Å². The Balaban J connectivity index is 2.83. The molecule has 0 bridgehead atoms. The second-order valence-corrected chi connectivity index (χ2v) is 3.16. The van der Waals surface area contributed by atoms with E-state index < -0.39 is 11.9 Å². The predicted molar refractivity (Wildman–Crippen MR) is 54.4 cm³/mol. The van der Waals surface area contributed by atoms with Gasteiger partial charge in [0, 0.05) is 25.7 Å². The van der Waals surface area contributed by atoms with Crippen LogP contribution in [0.3, 0.4) is 0 Å². The van der Waals surface area contributed by atoms with E-state index in [-0.39, 0.29) is 11.3 Å². The van der Waals surface area contributed by atoms with Crippen LogP contribution < -0.4 is 4.74 Å². The Morgan fingerprint density at radius 1 is 1.40 bits per heavy atom. The van der Waals surface area contributed by atoms with E-state index in [0.717, 1.165) is 0 Å². The molecule has 1 N–H and O–H groups in total. The molecule has 0 aliphatic carbocycles. The summed E-state index contributed by atoms with van der Waals surface area (Å²) in [5.74, 6) is -0.368. The molecule has 0 fully saturated rings. The van der Waals surface area contributed by atoms with Crippen molar-refractivity contribution >= 4 is 0 Å². The third-order valence-electron chi connectivity index (χ3n) is 2.17. The van der Waals surface area contributed by atoms with Crippen LogP contribution in [0.25, 0.3) is 0 Å². The van der Waals surface area contributed by atoms with Crippen molar-refractivity contribution in [2.24, 2.45) is 0 Å². The largest absolute Gasteiger partial charge is 0.494 e. The first-order valence-electron chi connectivity index (χ1n) is 4.70. The zero-order valence-corrected chi connectivity index (χ0v) is 8.87. The maximum absolute atomic E-state index is 13.6. The molecule has 1 rings (SSSR count). The molecule has 1 aromatic carbocycles. The number of halogens is 1. The van der Waals surface area contributed by atoms with Gasteiger partial charge in [-0.1, -0.05) is 12.1 Å². The number of hydrogen-bond acceptors (Lipinski definition) is 3. The fourth-order valence-electron chi connectivity index (χ4n) is 1.33. The molecule has 0 saturated heterocycles. The highest BCUT2D eigenvalue weighted by Gasteiger charge is 2.15. The smallest absolute Gasteiger partial charge is 0.170 e. The van der Waals surface area contributed by atoms with Crippen molar-refractivity contribution in [2.45, 2.75) is 12.5 Å². The molecule has 0 amide bonds. The first-order valence-corrected chi connectivity index (χ1v) is 4.70. The molecule has 4 heteroatoms. The van der Waals surface area contributed by atoms with E-state index >= 15 is 0 Å². The number of rotatable bonds is 5. The molecule has 0 aliphatic heterocycles. The van der Waals surface area contributed by atoms with Crippen LogP contribution in [0.1, 0.15) is 18.1 Å². The monoisotopic (exact) mass is 214 g/mol. The van der Waals surface area contributed by atoms with Crippen LogP contribution in [-0.4, -0.2) is 25.9 Å². The molecule has 0 aromatic heterocycles. The van der Waals surface area contributed by atoms with Crippen LogP contribution >= 0.6 is 0 Å². The molecule has 0 heterocycles. The second-order valence-electron chi connectivity index (χ2n) is 3.16. The maximum atomic E-state index is 13.6. The summed E-state index contributed by atoms with van der Waals surface area (Å²) in [6.07, 6.45) is -0.499. The first kappa shape index (κ1) is 11.9. The van der Waals surface area contributed by atoms with Crippen molar-refractivity contribution in [2.75, 3.05) is 20.8 Å². The van der Waals surface area contributed by atoms with E-state index in [0.29, 0.717) is 13.0 Å². The molecule has 1 atom stereocenters. The molecular formula is C11H15FO3. The van der Waals surface area contributed by atoms with Crippen molar-refractivity contribution in [1.82, 2.24) is 0 Å². The van der Waals surface area contributed by atoms with Gasteiger partial charge in [-0.25, -0.2) is 4.39 Å². The Morgan fingerprint density at radius 2 is 2.13 bits per heavy atom. The van der Waals surface area contributed by atoms with Crippen molar-refractivity contribution in [3.8, 4) is 5.75 Å². The van der Waals surface area contributed by atoms with Crippen LogP contribution in [0.15, 0.2) is 18.2 Å². The number of aliphatic hydroxyl groups excluding tert-OH is 1. The van der Waals surface area contributed by atoms with Gasteiger partial charge in [0.1, 0.15) is 0 Å². The summed E-state index contributed by atoms with van der Waals surface area (Å²) in [4.78, 5) is 0. The third-order valence-corrected chi connectivity index (χ3v) is 2.17. The number of ether oxygens (including phenoxy) is 2. The molecule has 3 nitrogen and oxygen atoms in total. The van der Waals surface area contributed by atoms with Gasteiger partial charge in [-0.15, -0.1) is 0 Å². The molecule has 1 unspecified atom stereocenters. The average Bonchev–Trinajstić information content (AvgIpc) is 2.26. The number of hydrogen-bond donors (Lipinski definition) is 1. The summed E-state index contributed by atoms with van der Waals surface area (Å²) in [7, 11) is 2.93. The van der Waals surface area contributed by atoms with Crippen molar-refractivity contribution in [3.05, 3.63) is 29.6 Å². The quantitative estimate of drug-likeness (QED) is 0.813. The highest BCUT2D eigenvalue weighted by atomic mass is 19.1. The molecule has 0 saturated carbocycles. The van der Waals surface area contributed by atoms with Crippen LogP contribution in [0.2, 0.25) is 0 Å². The molecule has 84 valence electrons. The van der Waals surface area contributed by atoms with E-state index in [1.165, 1.54) is 26.4 Å². The molecule has 0 spiro atoms. The summed E-state index contributed by atoms with van der Waals surface area (Å²) >= 11 is 0. The Kier molecular flexibility index (Phi) is 4.52. The van der Waals surface area contributed by atoms with E-state index in [4.69, 9.17) is 9.47 Å². The van der Waals surface area contributed by atoms with Crippen LogP contribution in [0.4, 0.5) is 4.39 Å².